The summed E-state index contributed by atoms with van der Waals surface area (Å²) >= 11 is 0. The highest BCUT2D eigenvalue weighted by Crippen LogP contribution is 2.26. The van der Waals surface area contributed by atoms with Gasteiger partial charge in [0.1, 0.15) is 17.5 Å². The number of carbonyl (C=O) groups excluding carboxylic acids is 1. The first-order valence-corrected chi connectivity index (χ1v) is 11.7. The standard InChI is InChI=1S/C22H30N2O5S/c1-6-20(16-8-12-18(28-3)13-9-16)23-22(25)21(7-2)24(30(5,26)27)17-10-14-19(29-4)15-11-17/h8-15,20-21H,6-7H2,1-5H3,(H,23,25)/t20-,21-/m1/s1. The fourth-order valence-electron chi connectivity index (χ4n) is 3.31. The van der Waals surface area contributed by atoms with Crippen LogP contribution >= 0.6 is 0 Å². The van der Waals surface area contributed by atoms with Crippen molar-refractivity contribution < 1.29 is 22.7 Å². The zero-order valence-corrected chi connectivity index (χ0v) is 18.9. The van der Waals surface area contributed by atoms with Gasteiger partial charge in [0.2, 0.25) is 15.9 Å². The fraction of sp³-hybridized carbons (Fsp3) is 0.409. The summed E-state index contributed by atoms with van der Waals surface area (Å²) in [6, 6.07) is 13.0. The molecule has 0 aliphatic carbocycles. The molecule has 2 atom stereocenters. The molecule has 2 rings (SSSR count). The number of hydrogen-bond acceptors (Lipinski definition) is 5. The number of carbonyl (C=O) groups is 1. The Labute approximate surface area is 179 Å². The van der Waals surface area contributed by atoms with Gasteiger partial charge in [0.05, 0.1) is 32.2 Å². The zero-order chi connectivity index (χ0) is 22.3. The van der Waals surface area contributed by atoms with Gasteiger partial charge in [-0.15, -0.1) is 0 Å². The zero-order valence-electron chi connectivity index (χ0n) is 18.1. The number of methoxy groups -OCH3 is 2. The lowest BCUT2D eigenvalue weighted by atomic mass is 10.0. The SMILES string of the molecule is CC[C@H](C(=O)N[C@H](CC)c1ccc(OC)cc1)N(c1ccc(OC)cc1)S(C)(=O)=O. The summed E-state index contributed by atoms with van der Waals surface area (Å²) in [6.45, 7) is 3.76. The van der Waals surface area contributed by atoms with E-state index in [9.17, 15) is 13.2 Å². The molecule has 30 heavy (non-hydrogen) atoms. The first kappa shape index (κ1) is 23.5. The Morgan fingerprint density at radius 3 is 1.83 bits per heavy atom. The first-order valence-electron chi connectivity index (χ1n) is 9.82. The molecule has 164 valence electrons. The number of benzene rings is 2. The molecule has 0 heterocycles. The van der Waals surface area contributed by atoms with Crippen molar-refractivity contribution in [3.05, 3.63) is 54.1 Å². The molecule has 0 saturated heterocycles. The average molecular weight is 435 g/mol. The lowest BCUT2D eigenvalue weighted by Crippen LogP contribution is -2.50. The van der Waals surface area contributed by atoms with Gasteiger partial charge < -0.3 is 14.8 Å². The lowest BCUT2D eigenvalue weighted by molar-refractivity contribution is -0.123. The van der Waals surface area contributed by atoms with E-state index >= 15 is 0 Å². The van der Waals surface area contributed by atoms with Crippen molar-refractivity contribution in [2.45, 2.75) is 38.8 Å². The van der Waals surface area contributed by atoms with Crippen molar-refractivity contribution in [1.29, 1.82) is 0 Å². The maximum atomic E-state index is 13.2. The number of nitrogens with one attached hydrogen (secondary N) is 1. The average Bonchev–Trinajstić information content (AvgIpc) is 2.75. The van der Waals surface area contributed by atoms with Crippen molar-refractivity contribution in [2.24, 2.45) is 0 Å². The summed E-state index contributed by atoms with van der Waals surface area (Å²) in [5.74, 6) is 0.991. The number of ether oxygens (including phenoxy) is 2. The number of anilines is 1. The smallest absolute Gasteiger partial charge is 0.244 e. The van der Waals surface area contributed by atoms with Gasteiger partial charge in [-0.1, -0.05) is 26.0 Å². The van der Waals surface area contributed by atoms with Crippen LogP contribution in [0, 0.1) is 0 Å². The second-order valence-electron chi connectivity index (χ2n) is 6.92. The molecular weight excluding hydrogens is 404 g/mol. The fourth-order valence-corrected chi connectivity index (χ4v) is 4.53. The lowest BCUT2D eigenvalue weighted by Gasteiger charge is -2.31. The molecule has 1 N–H and O–H groups in total. The number of hydrogen-bond donors (Lipinski definition) is 1. The highest BCUT2D eigenvalue weighted by atomic mass is 32.2. The third-order valence-corrected chi connectivity index (χ3v) is 6.08. The van der Waals surface area contributed by atoms with E-state index in [1.54, 1.807) is 38.3 Å². The van der Waals surface area contributed by atoms with Crippen LogP contribution in [0.5, 0.6) is 11.5 Å². The Morgan fingerprint density at radius 1 is 0.933 bits per heavy atom. The van der Waals surface area contributed by atoms with Crippen LogP contribution in [0.15, 0.2) is 48.5 Å². The Hall–Kier alpha value is -2.74. The molecule has 0 aliphatic heterocycles. The molecule has 0 saturated carbocycles. The van der Waals surface area contributed by atoms with Gasteiger partial charge in [-0.3, -0.25) is 9.10 Å². The van der Waals surface area contributed by atoms with Crippen LogP contribution in [0.25, 0.3) is 0 Å². The Bertz CT molecular complexity index is 927. The van der Waals surface area contributed by atoms with E-state index < -0.39 is 16.1 Å². The van der Waals surface area contributed by atoms with Gasteiger partial charge >= 0.3 is 0 Å². The minimum absolute atomic E-state index is 0.241. The third kappa shape index (κ3) is 5.66. The van der Waals surface area contributed by atoms with Gasteiger partial charge in [0.15, 0.2) is 0 Å². The van der Waals surface area contributed by atoms with E-state index in [4.69, 9.17) is 9.47 Å². The quantitative estimate of drug-likeness (QED) is 0.618. The molecule has 8 heteroatoms. The van der Waals surface area contributed by atoms with E-state index in [-0.39, 0.29) is 11.9 Å². The van der Waals surface area contributed by atoms with Gasteiger partial charge in [-0.2, -0.15) is 0 Å². The molecule has 0 spiro atoms. The highest BCUT2D eigenvalue weighted by molar-refractivity contribution is 7.92. The van der Waals surface area contributed by atoms with Crippen molar-refractivity contribution >= 4 is 21.6 Å². The largest absolute Gasteiger partial charge is 0.497 e. The number of amides is 1. The van der Waals surface area contributed by atoms with Crippen LogP contribution in [-0.2, 0) is 14.8 Å². The molecule has 0 fully saturated rings. The van der Waals surface area contributed by atoms with Gasteiger partial charge in [-0.05, 0) is 54.8 Å². The van der Waals surface area contributed by atoms with Crippen LogP contribution < -0.4 is 19.1 Å². The molecular formula is C22H30N2O5S. The molecule has 0 bridgehead atoms. The van der Waals surface area contributed by atoms with Crippen LogP contribution in [0.4, 0.5) is 5.69 Å². The summed E-state index contributed by atoms with van der Waals surface area (Å²) in [7, 11) is -0.561. The predicted molar refractivity (Wildman–Crippen MR) is 119 cm³/mol. The number of sulfonamides is 1. The van der Waals surface area contributed by atoms with Crippen LogP contribution in [0.1, 0.15) is 38.3 Å². The Balaban J connectivity index is 2.31. The Kier molecular flexibility index (Phi) is 8.11. The highest BCUT2D eigenvalue weighted by Gasteiger charge is 2.32. The maximum Gasteiger partial charge on any atom is 0.244 e. The molecule has 1 amide bonds. The molecule has 0 aromatic heterocycles. The molecule has 0 unspecified atom stereocenters. The van der Waals surface area contributed by atoms with E-state index in [0.717, 1.165) is 17.6 Å². The second kappa shape index (κ2) is 10.3. The summed E-state index contributed by atoms with van der Waals surface area (Å²) in [5, 5.41) is 3.01. The van der Waals surface area contributed by atoms with Crippen molar-refractivity contribution in [3.8, 4) is 11.5 Å². The minimum Gasteiger partial charge on any atom is -0.497 e. The molecule has 0 aliphatic rings. The normalized spacial score (nSPS) is 13.2. The van der Waals surface area contributed by atoms with E-state index in [1.165, 1.54) is 11.4 Å². The number of rotatable bonds is 10. The van der Waals surface area contributed by atoms with Gasteiger partial charge in [0.25, 0.3) is 0 Å². The molecule has 2 aromatic carbocycles. The van der Waals surface area contributed by atoms with Crippen molar-refractivity contribution in [2.75, 3.05) is 24.8 Å². The molecule has 0 radical (unpaired) electrons. The summed E-state index contributed by atoms with van der Waals surface area (Å²) in [4.78, 5) is 13.2. The third-order valence-electron chi connectivity index (χ3n) is 4.90. The van der Waals surface area contributed by atoms with Crippen molar-refractivity contribution in [3.63, 3.8) is 0 Å². The molecule has 2 aromatic rings. The summed E-state index contributed by atoms with van der Waals surface area (Å²) < 4.78 is 36.7. The first-order chi connectivity index (χ1) is 14.2. The predicted octanol–water partition coefficient (Wildman–Crippen LogP) is 3.52. The number of nitrogens with zero attached hydrogens (tertiary/aromatic N) is 1. The Morgan fingerprint density at radius 2 is 1.43 bits per heavy atom. The van der Waals surface area contributed by atoms with Crippen LogP contribution in [-0.4, -0.2) is 40.8 Å². The maximum absolute atomic E-state index is 13.2. The topological polar surface area (TPSA) is 84.9 Å². The van der Waals surface area contributed by atoms with Crippen molar-refractivity contribution in [1.82, 2.24) is 5.32 Å². The summed E-state index contributed by atoms with van der Waals surface area (Å²) in [5.41, 5.74) is 1.34. The van der Waals surface area contributed by atoms with Gasteiger partial charge in [0, 0.05) is 0 Å². The van der Waals surface area contributed by atoms with E-state index in [2.05, 4.69) is 5.32 Å². The van der Waals surface area contributed by atoms with E-state index in [1.807, 2.05) is 31.2 Å². The minimum atomic E-state index is -3.69. The monoisotopic (exact) mass is 434 g/mol. The second-order valence-corrected chi connectivity index (χ2v) is 8.78. The van der Waals surface area contributed by atoms with Crippen LogP contribution in [0.2, 0.25) is 0 Å². The van der Waals surface area contributed by atoms with E-state index in [0.29, 0.717) is 24.3 Å². The van der Waals surface area contributed by atoms with Gasteiger partial charge in [-0.25, -0.2) is 8.42 Å². The molecule has 7 nitrogen and oxygen atoms in total. The summed E-state index contributed by atoms with van der Waals surface area (Å²) in [6.07, 6.45) is 2.09. The van der Waals surface area contributed by atoms with Crippen LogP contribution in [0.3, 0.4) is 0 Å².